The van der Waals surface area contributed by atoms with Gasteiger partial charge in [-0.05, 0) is 19.9 Å². The van der Waals surface area contributed by atoms with Crippen molar-refractivity contribution in [3.8, 4) is 0 Å². The fourth-order valence-electron chi connectivity index (χ4n) is 1.13. The van der Waals surface area contributed by atoms with Crippen LogP contribution in [0.15, 0.2) is 12.3 Å². The number of aromatic nitrogens is 2. The predicted octanol–water partition coefficient (Wildman–Crippen LogP) is 0.290. The Kier molecular flexibility index (Phi) is 3.87. The number of nitrogens with one attached hydrogen (secondary N) is 1. The van der Waals surface area contributed by atoms with E-state index in [1.807, 2.05) is 13.1 Å². The van der Waals surface area contributed by atoms with Gasteiger partial charge in [0, 0.05) is 31.9 Å². The van der Waals surface area contributed by atoms with Crippen LogP contribution in [-0.4, -0.2) is 30.0 Å². The molecule has 0 aliphatic carbocycles. The molecule has 0 amide bonds. The lowest BCUT2D eigenvalue weighted by Gasteiger charge is -2.09. The molecule has 1 N–H and O–H groups in total. The maximum atomic E-state index is 11.4. The molecular formula is C9H17N3O2S. The lowest BCUT2D eigenvalue weighted by Crippen LogP contribution is -2.32. The van der Waals surface area contributed by atoms with Crippen LogP contribution in [0.4, 0.5) is 0 Å². The zero-order valence-corrected chi connectivity index (χ0v) is 10.1. The van der Waals surface area contributed by atoms with Crippen LogP contribution in [0.5, 0.6) is 0 Å². The van der Waals surface area contributed by atoms with Crippen LogP contribution in [-0.2, 0) is 23.5 Å². The van der Waals surface area contributed by atoms with E-state index in [-0.39, 0.29) is 5.25 Å². The highest BCUT2D eigenvalue weighted by molar-refractivity contribution is 7.90. The van der Waals surface area contributed by atoms with Crippen molar-refractivity contribution in [1.82, 2.24) is 14.5 Å². The Labute approximate surface area is 90.5 Å². The summed E-state index contributed by atoms with van der Waals surface area (Å²) in [6.07, 6.45) is 2.36. The fraction of sp³-hybridized carbons (Fsp3) is 0.667. The van der Waals surface area contributed by atoms with E-state index in [4.69, 9.17) is 0 Å². The summed E-state index contributed by atoms with van der Waals surface area (Å²) in [5.41, 5.74) is 1.02. The van der Waals surface area contributed by atoms with E-state index in [0.29, 0.717) is 13.0 Å². The monoisotopic (exact) mass is 231 g/mol. The molecular weight excluding hydrogens is 214 g/mol. The lowest BCUT2D eigenvalue weighted by atomic mass is 10.3. The average molecular weight is 231 g/mol. The molecule has 0 radical (unpaired) electrons. The summed E-state index contributed by atoms with van der Waals surface area (Å²) < 4.78 is 27.1. The standard InChI is InChI=1S/C9H17N3O2S/c1-8(2)15(13,14)11-7-5-9-4-6-10-12(9)3/h4,6,8,11H,5,7H2,1-3H3. The molecule has 0 aliphatic heterocycles. The molecule has 0 aliphatic rings. The first kappa shape index (κ1) is 12.2. The number of aryl methyl sites for hydroxylation is 1. The molecule has 0 fully saturated rings. The first-order valence-corrected chi connectivity index (χ1v) is 6.43. The van der Waals surface area contributed by atoms with E-state index in [2.05, 4.69) is 9.82 Å². The van der Waals surface area contributed by atoms with Gasteiger partial charge in [-0.1, -0.05) is 0 Å². The third-order valence-electron chi connectivity index (χ3n) is 2.23. The van der Waals surface area contributed by atoms with E-state index in [1.165, 1.54) is 0 Å². The van der Waals surface area contributed by atoms with Gasteiger partial charge in [-0.3, -0.25) is 4.68 Å². The van der Waals surface area contributed by atoms with Crippen LogP contribution in [0.1, 0.15) is 19.5 Å². The molecule has 0 aromatic carbocycles. The van der Waals surface area contributed by atoms with E-state index in [9.17, 15) is 8.42 Å². The van der Waals surface area contributed by atoms with Crippen LogP contribution < -0.4 is 4.72 Å². The smallest absolute Gasteiger partial charge is 0.213 e. The summed E-state index contributed by atoms with van der Waals surface area (Å²) in [6.45, 7) is 3.73. The van der Waals surface area contributed by atoms with Gasteiger partial charge in [-0.25, -0.2) is 13.1 Å². The van der Waals surface area contributed by atoms with Crippen molar-refractivity contribution in [2.24, 2.45) is 7.05 Å². The minimum Gasteiger partial charge on any atom is -0.273 e. The minimum absolute atomic E-state index is 0.385. The Balaban J connectivity index is 2.44. The Morgan fingerprint density at radius 2 is 2.20 bits per heavy atom. The first-order valence-electron chi connectivity index (χ1n) is 4.89. The van der Waals surface area contributed by atoms with Crippen molar-refractivity contribution in [3.63, 3.8) is 0 Å². The molecule has 1 heterocycles. The lowest BCUT2D eigenvalue weighted by molar-refractivity contribution is 0.571. The van der Waals surface area contributed by atoms with Crippen molar-refractivity contribution in [2.45, 2.75) is 25.5 Å². The molecule has 86 valence electrons. The molecule has 0 atom stereocenters. The SMILES string of the molecule is CC(C)S(=O)(=O)NCCc1ccnn1C. The second kappa shape index (κ2) is 4.76. The van der Waals surface area contributed by atoms with Gasteiger partial charge in [0.15, 0.2) is 0 Å². The Hall–Kier alpha value is -0.880. The second-order valence-electron chi connectivity index (χ2n) is 3.68. The van der Waals surface area contributed by atoms with Crippen LogP contribution in [0.2, 0.25) is 0 Å². The molecule has 1 aromatic rings. The minimum atomic E-state index is -3.14. The molecule has 0 saturated heterocycles. The van der Waals surface area contributed by atoms with Crippen LogP contribution in [0.25, 0.3) is 0 Å². The number of hydrogen-bond donors (Lipinski definition) is 1. The van der Waals surface area contributed by atoms with Gasteiger partial charge >= 0.3 is 0 Å². The normalized spacial score (nSPS) is 12.3. The molecule has 0 spiro atoms. The maximum Gasteiger partial charge on any atom is 0.213 e. The van der Waals surface area contributed by atoms with Crippen LogP contribution in [0.3, 0.4) is 0 Å². The quantitative estimate of drug-likeness (QED) is 0.792. The summed E-state index contributed by atoms with van der Waals surface area (Å²) in [5.74, 6) is 0. The van der Waals surface area contributed by atoms with Gasteiger partial charge in [0.1, 0.15) is 0 Å². The molecule has 1 rings (SSSR count). The highest BCUT2D eigenvalue weighted by Gasteiger charge is 2.14. The number of rotatable bonds is 5. The van der Waals surface area contributed by atoms with Gasteiger partial charge < -0.3 is 0 Å². The summed E-state index contributed by atoms with van der Waals surface area (Å²) in [5, 5.41) is 3.62. The highest BCUT2D eigenvalue weighted by atomic mass is 32.2. The fourth-order valence-corrected chi connectivity index (χ4v) is 1.85. The van der Waals surface area contributed by atoms with Gasteiger partial charge in [-0.2, -0.15) is 5.10 Å². The Morgan fingerprint density at radius 1 is 1.53 bits per heavy atom. The van der Waals surface area contributed by atoms with Crippen molar-refractivity contribution in [2.75, 3.05) is 6.54 Å². The zero-order chi connectivity index (χ0) is 11.5. The summed E-state index contributed by atoms with van der Waals surface area (Å²) in [6, 6.07) is 1.88. The van der Waals surface area contributed by atoms with Gasteiger partial charge in [0.25, 0.3) is 0 Å². The molecule has 6 heteroatoms. The average Bonchev–Trinajstić information content (AvgIpc) is 2.51. The van der Waals surface area contributed by atoms with Crippen molar-refractivity contribution in [3.05, 3.63) is 18.0 Å². The van der Waals surface area contributed by atoms with Gasteiger partial charge in [-0.15, -0.1) is 0 Å². The van der Waals surface area contributed by atoms with Gasteiger partial charge in [0.05, 0.1) is 5.25 Å². The molecule has 0 saturated carbocycles. The molecule has 5 nitrogen and oxygen atoms in total. The third-order valence-corrected chi connectivity index (χ3v) is 4.08. The molecule has 15 heavy (non-hydrogen) atoms. The number of nitrogens with zero attached hydrogens (tertiary/aromatic N) is 2. The number of hydrogen-bond acceptors (Lipinski definition) is 3. The van der Waals surface area contributed by atoms with Crippen LogP contribution in [0, 0.1) is 0 Å². The molecule has 0 bridgehead atoms. The van der Waals surface area contributed by atoms with Crippen LogP contribution >= 0.6 is 0 Å². The summed E-state index contributed by atoms with van der Waals surface area (Å²) in [4.78, 5) is 0. The molecule has 1 aromatic heterocycles. The number of sulfonamides is 1. The zero-order valence-electron chi connectivity index (χ0n) is 9.27. The second-order valence-corrected chi connectivity index (χ2v) is 6.01. The molecule has 0 unspecified atom stereocenters. The van der Waals surface area contributed by atoms with E-state index >= 15 is 0 Å². The van der Waals surface area contributed by atoms with Crippen molar-refractivity contribution < 1.29 is 8.42 Å². The van der Waals surface area contributed by atoms with Crippen molar-refractivity contribution in [1.29, 1.82) is 0 Å². The predicted molar refractivity (Wildman–Crippen MR) is 59.0 cm³/mol. The van der Waals surface area contributed by atoms with E-state index in [1.54, 1.807) is 24.7 Å². The largest absolute Gasteiger partial charge is 0.273 e. The maximum absolute atomic E-state index is 11.4. The summed E-state index contributed by atoms with van der Waals surface area (Å²) in [7, 11) is -1.30. The Bertz CT molecular complexity index is 409. The Morgan fingerprint density at radius 3 is 2.67 bits per heavy atom. The van der Waals surface area contributed by atoms with E-state index in [0.717, 1.165) is 5.69 Å². The highest BCUT2D eigenvalue weighted by Crippen LogP contribution is 1.99. The first-order chi connectivity index (χ1) is 6.93. The third kappa shape index (κ3) is 3.32. The van der Waals surface area contributed by atoms with Crippen molar-refractivity contribution >= 4 is 10.0 Å². The van der Waals surface area contributed by atoms with E-state index < -0.39 is 10.0 Å². The summed E-state index contributed by atoms with van der Waals surface area (Å²) >= 11 is 0. The van der Waals surface area contributed by atoms with Gasteiger partial charge in [0.2, 0.25) is 10.0 Å². The topological polar surface area (TPSA) is 64.0 Å².